The number of carbonyl (C=O) groups excluding carboxylic acids is 1. The van der Waals surface area contributed by atoms with Crippen LogP contribution in [0.1, 0.15) is 29.4 Å². The van der Waals surface area contributed by atoms with Crippen LogP contribution in [0.25, 0.3) is 11.2 Å². The van der Waals surface area contributed by atoms with E-state index < -0.39 is 0 Å². The maximum Gasteiger partial charge on any atom is 0.342 e. The van der Waals surface area contributed by atoms with E-state index >= 15 is 0 Å². The Balaban J connectivity index is 2.39. The van der Waals surface area contributed by atoms with Crippen LogP contribution < -0.4 is 5.32 Å². The lowest BCUT2D eigenvalue weighted by molar-refractivity contribution is 0.0526. The van der Waals surface area contributed by atoms with Crippen LogP contribution in [0.15, 0.2) is 12.4 Å². The summed E-state index contributed by atoms with van der Waals surface area (Å²) in [6.45, 7) is 5.56. The molecule has 7 heteroatoms. The first-order valence-electron chi connectivity index (χ1n) is 7.71. The number of carbonyl (C=O) groups is 1. The Hall–Kier alpha value is -2.28. The number of nitrogens with one attached hydrogen (secondary N) is 1. The summed E-state index contributed by atoms with van der Waals surface area (Å²) in [6.07, 6.45) is 4.13. The van der Waals surface area contributed by atoms with Crippen LogP contribution in [0.3, 0.4) is 0 Å². The second-order valence-electron chi connectivity index (χ2n) is 5.48. The molecule has 124 valence electrons. The molecule has 7 nitrogen and oxygen atoms in total. The highest BCUT2D eigenvalue weighted by Crippen LogP contribution is 2.26. The average Bonchev–Trinajstić information content (AvgIpc) is 2.51. The number of ether oxygens (including phenoxy) is 1. The van der Waals surface area contributed by atoms with Gasteiger partial charge in [0.05, 0.1) is 18.0 Å². The molecule has 0 saturated heterocycles. The van der Waals surface area contributed by atoms with Gasteiger partial charge in [0.25, 0.3) is 0 Å². The Morgan fingerprint density at radius 1 is 1.30 bits per heavy atom. The van der Waals surface area contributed by atoms with Crippen molar-refractivity contribution in [3.8, 4) is 0 Å². The van der Waals surface area contributed by atoms with Gasteiger partial charge in [0.2, 0.25) is 0 Å². The Morgan fingerprint density at radius 2 is 2.04 bits per heavy atom. The molecule has 0 atom stereocenters. The molecular weight excluding hydrogens is 294 g/mol. The largest absolute Gasteiger partial charge is 0.462 e. The predicted octanol–water partition coefficient (Wildman–Crippen LogP) is 1.87. The number of fused-ring (bicyclic) bond motifs is 1. The van der Waals surface area contributed by atoms with Crippen molar-refractivity contribution in [3.05, 3.63) is 23.7 Å². The number of pyridine rings is 1. The summed E-state index contributed by atoms with van der Waals surface area (Å²) in [5, 5.41) is 3.32. The monoisotopic (exact) mass is 317 g/mol. The summed E-state index contributed by atoms with van der Waals surface area (Å²) in [4.78, 5) is 27.4. The van der Waals surface area contributed by atoms with Crippen molar-refractivity contribution < 1.29 is 9.53 Å². The molecule has 0 saturated carbocycles. The Morgan fingerprint density at radius 3 is 2.74 bits per heavy atom. The molecule has 0 aliphatic heterocycles. The molecule has 2 heterocycles. The van der Waals surface area contributed by atoms with Gasteiger partial charge in [-0.25, -0.2) is 19.7 Å². The van der Waals surface area contributed by atoms with E-state index in [4.69, 9.17) is 4.74 Å². The van der Waals surface area contributed by atoms with Gasteiger partial charge in [-0.05, 0) is 40.9 Å². The molecule has 0 spiro atoms. The lowest BCUT2D eigenvalue weighted by atomic mass is 10.1. The maximum atomic E-state index is 12.3. The van der Waals surface area contributed by atoms with Crippen LogP contribution >= 0.6 is 0 Å². The Bertz CT molecular complexity index is 687. The molecule has 0 fully saturated rings. The van der Waals surface area contributed by atoms with Crippen LogP contribution in [0.4, 0.5) is 5.69 Å². The first-order chi connectivity index (χ1) is 11.0. The molecule has 0 amide bonds. The highest BCUT2D eigenvalue weighted by Gasteiger charge is 2.21. The van der Waals surface area contributed by atoms with Crippen LogP contribution in [-0.2, 0) is 4.74 Å². The van der Waals surface area contributed by atoms with Crippen LogP contribution in [-0.4, -0.2) is 59.6 Å². The van der Waals surface area contributed by atoms with Crippen LogP contribution in [0, 0.1) is 6.92 Å². The minimum absolute atomic E-state index is 0.316. The van der Waals surface area contributed by atoms with Crippen molar-refractivity contribution >= 4 is 22.8 Å². The molecule has 0 aromatic carbocycles. The summed E-state index contributed by atoms with van der Waals surface area (Å²) in [5.74, 6) is -0.389. The number of hydrogen-bond donors (Lipinski definition) is 1. The molecule has 0 aliphatic carbocycles. The second-order valence-corrected chi connectivity index (χ2v) is 5.48. The van der Waals surface area contributed by atoms with Crippen LogP contribution in [0.5, 0.6) is 0 Å². The van der Waals surface area contributed by atoms with E-state index in [1.165, 1.54) is 0 Å². The van der Waals surface area contributed by atoms with E-state index in [0.717, 1.165) is 19.5 Å². The second kappa shape index (κ2) is 7.82. The van der Waals surface area contributed by atoms with Gasteiger partial charge in [0.15, 0.2) is 5.65 Å². The smallest absolute Gasteiger partial charge is 0.342 e. The molecule has 2 aromatic heterocycles. The number of anilines is 1. The van der Waals surface area contributed by atoms with Gasteiger partial charge in [-0.15, -0.1) is 0 Å². The SMILES string of the molecule is CCOC(=O)c1c(C)nc2nccnc2c1NCCCN(C)C. The van der Waals surface area contributed by atoms with Gasteiger partial charge >= 0.3 is 5.97 Å². The van der Waals surface area contributed by atoms with E-state index in [0.29, 0.717) is 34.7 Å². The van der Waals surface area contributed by atoms with E-state index in [1.54, 1.807) is 26.2 Å². The van der Waals surface area contributed by atoms with E-state index in [2.05, 4.69) is 25.2 Å². The van der Waals surface area contributed by atoms with Gasteiger partial charge in [0, 0.05) is 18.9 Å². The zero-order valence-electron chi connectivity index (χ0n) is 14.1. The molecule has 0 unspecified atom stereocenters. The first kappa shape index (κ1) is 17.1. The molecule has 2 aromatic rings. The lowest BCUT2D eigenvalue weighted by Crippen LogP contribution is -2.18. The van der Waals surface area contributed by atoms with Gasteiger partial charge in [-0.2, -0.15) is 0 Å². The van der Waals surface area contributed by atoms with Crippen molar-refractivity contribution in [2.75, 3.05) is 39.1 Å². The lowest BCUT2D eigenvalue weighted by Gasteiger charge is -2.16. The minimum Gasteiger partial charge on any atom is -0.462 e. The molecule has 1 N–H and O–H groups in total. The number of nitrogens with zero attached hydrogens (tertiary/aromatic N) is 4. The van der Waals surface area contributed by atoms with Crippen molar-refractivity contribution in [1.29, 1.82) is 0 Å². The fourth-order valence-electron chi connectivity index (χ4n) is 2.34. The first-order valence-corrected chi connectivity index (χ1v) is 7.71. The third-order valence-electron chi connectivity index (χ3n) is 3.36. The Labute approximate surface area is 136 Å². The predicted molar refractivity (Wildman–Crippen MR) is 89.7 cm³/mol. The van der Waals surface area contributed by atoms with Gasteiger partial charge in [0.1, 0.15) is 11.1 Å². The molecular formula is C16H23N5O2. The van der Waals surface area contributed by atoms with Crippen molar-refractivity contribution in [1.82, 2.24) is 19.9 Å². The summed E-state index contributed by atoms with van der Waals surface area (Å²) in [6, 6.07) is 0. The van der Waals surface area contributed by atoms with Gasteiger partial charge < -0.3 is 15.0 Å². The normalized spacial score (nSPS) is 11.0. The minimum atomic E-state index is -0.389. The number of rotatable bonds is 7. The molecule has 0 radical (unpaired) electrons. The summed E-state index contributed by atoms with van der Waals surface area (Å²) in [5.41, 5.74) is 2.79. The van der Waals surface area contributed by atoms with E-state index in [-0.39, 0.29) is 5.97 Å². The number of aromatic nitrogens is 3. The zero-order valence-corrected chi connectivity index (χ0v) is 14.1. The highest BCUT2D eigenvalue weighted by atomic mass is 16.5. The van der Waals surface area contributed by atoms with Crippen LogP contribution in [0.2, 0.25) is 0 Å². The fraction of sp³-hybridized carbons (Fsp3) is 0.500. The molecule has 2 rings (SSSR count). The standard InChI is InChI=1S/C16H23N5O2/c1-5-23-16(22)12-11(2)20-15-14(18-8-9-19-15)13(12)17-7-6-10-21(3)4/h8-9H,5-7,10H2,1-4H3,(H,17,19,20). The highest BCUT2D eigenvalue weighted by molar-refractivity contribution is 6.03. The van der Waals surface area contributed by atoms with E-state index in [9.17, 15) is 4.79 Å². The fourth-order valence-corrected chi connectivity index (χ4v) is 2.34. The van der Waals surface area contributed by atoms with Gasteiger partial charge in [-0.3, -0.25) is 0 Å². The van der Waals surface area contributed by atoms with Crippen molar-refractivity contribution in [2.24, 2.45) is 0 Å². The maximum absolute atomic E-state index is 12.3. The Kier molecular flexibility index (Phi) is 5.81. The third kappa shape index (κ3) is 4.13. The zero-order chi connectivity index (χ0) is 16.8. The summed E-state index contributed by atoms with van der Waals surface area (Å²) in [7, 11) is 4.06. The molecule has 0 aliphatic rings. The van der Waals surface area contributed by atoms with Crippen molar-refractivity contribution in [3.63, 3.8) is 0 Å². The molecule has 0 bridgehead atoms. The summed E-state index contributed by atoms with van der Waals surface area (Å²) >= 11 is 0. The number of esters is 1. The third-order valence-corrected chi connectivity index (χ3v) is 3.36. The average molecular weight is 317 g/mol. The van der Waals surface area contributed by atoms with E-state index in [1.807, 2.05) is 14.1 Å². The quantitative estimate of drug-likeness (QED) is 0.617. The topological polar surface area (TPSA) is 80.2 Å². The number of aryl methyl sites for hydroxylation is 1. The number of hydrogen-bond acceptors (Lipinski definition) is 7. The summed E-state index contributed by atoms with van der Waals surface area (Å²) < 4.78 is 5.17. The van der Waals surface area contributed by atoms with Crippen molar-refractivity contribution in [2.45, 2.75) is 20.3 Å². The van der Waals surface area contributed by atoms with Gasteiger partial charge in [-0.1, -0.05) is 0 Å². The molecule has 23 heavy (non-hydrogen) atoms.